The fourth-order valence-corrected chi connectivity index (χ4v) is 18.8. The molecule has 0 unspecified atom stereocenters. The van der Waals surface area contributed by atoms with Crippen molar-refractivity contribution in [3.63, 3.8) is 0 Å². The van der Waals surface area contributed by atoms with Crippen LogP contribution in [-0.4, -0.2) is 6.71 Å². The second-order valence-electron chi connectivity index (χ2n) is 33.5. The van der Waals surface area contributed by atoms with Gasteiger partial charge in [0.05, 0.1) is 17.1 Å². The molecular formula is C112H84BN3. The molecule has 0 saturated carbocycles. The highest BCUT2D eigenvalue weighted by Crippen LogP contribution is 2.57. The lowest BCUT2D eigenvalue weighted by Gasteiger charge is -2.46. The van der Waals surface area contributed by atoms with Gasteiger partial charge in [-0.05, 0) is 221 Å². The number of hydrogen-bond acceptors (Lipinski definition) is 3. The molecule has 0 aliphatic carbocycles. The van der Waals surface area contributed by atoms with Gasteiger partial charge in [-0.1, -0.05) is 369 Å². The van der Waals surface area contributed by atoms with E-state index in [1.807, 2.05) is 0 Å². The smallest absolute Gasteiger partial charge is 0.252 e. The van der Waals surface area contributed by atoms with Crippen LogP contribution in [0, 0.1) is 0 Å². The molecular weight excluding hydrogens is 1400 g/mol. The highest BCUT2D eigenvalue weighted by atomic mass is 15.2. The molecule has 4 heteroatoms. The van der Waals surface area contributed by atoms with Crippen molar-refractivity contribution < 1.29 is 0 Å². The molecule has 19 aromatic rings. The summed E-state index contributed by atoms with van der Waals surface area (Å²) in [6.45, 7) is 13.8. The van der Waals surface area contributed by atoms with Crippen molar-refractivity contribution in [2.75, 3.05) is 14.7 Å². The Labute approximate surface area is 680 Å². The van der Waals surface area contributed by atoms with E-state index in [9.17, 15) is 0 Å². The third-order valence-corrected chi connectivity index (χ3v) is 24.4. The molecule has 0 saturated heterocycles. The maximum absolute atomic E-state index is 2.73. The highest BCUT2D eigenvalue weighted by molar-refractivity contribution is 7.00. The SMILES string of the molecule is CC(C)(C)c1cc(-c2ccccc2)c(N2c3ccc(-c4ccccc4)cc3B3c4cc(-c5ccc6cccc7c8cccc9cccc(c5c67)c98)ccc4N(c4c(-c5ccccc5)cc(C(C)(C)C)cc4-c4ccccc4)c4cc(N(c5ccc(-c6ccccc6)cc5)c5ccc(-c6ccccc6)cc5)cc2c43)c(-c2ccccc2)c1. The maximum Gasteiger partial charge on any atom is 0.252 e. The summed E-state index contributed by atoms with van der Waals surface area (Å²) in [5.74, 6) is 0. The van der Waals surface area contributed by atoms with Gasteiger partial charge in [0.1, 0.15) is 0 Å². The second-order valence-corrected chi connectivity index (χ2v) is 33.5. The first-order valence-electron chi connectivity index (χ1n) is 40.7. The Morgan fingerprint density at radius 1 is 0.224 bits per heavy atom. The summed E-state index contributed by atoms with van der Waals surface area (Å²) in [5, 5.41) is 10.1. The first kappa shape index (κ1) is 69.9. The molecule has 2 aliphatic heterocycles. The van der Waals surface area contributed by atoms with Gasteiger partial charge in [0.2, 0.25) is 0 Å². The number of fused-ring (bicyclic) bond motifs is 6. The van der Waals surface area contributed by atoms with Crippen LogP contribution in [0.4, 0.5) is 51.2 Å². The van der Waals surface area contributed by atoms with Gasteiger partial charge in [0.15, 0.2) is 0 Å². The standard InChI is InChI=1S/C112H84BN3/c1-111(2,3)86-67-95(78-37-20-10-21-38-78)109(96(68-86)79-39-22-11-23-40-79)115-101-63-56-84(75-35-18-9-19-36-75)65-99(101)113-100-66-85(91-62-55-83-47-29-49-93-92-48-28-45-82-46-30-50-94(105(82)92)107(91)106(83)93)57-64-102(100)116(110-97(80-41-24-12-25-42-80)69-87(112(4,5)6)70-98(110)81-43-26-13-27-44-81)104-72-90(71-103(115)108(104)113)114(88-58-51-76(52-59-88)73-31-14-7-15-32-73)89-60-53-77(54-61-89)74-33-16-8-17-34-74/h7-72H,1-6H3. The number of hydrogen-bond donors (Lipinski definition) is 0. The Balaban J connectivity index is 0.957. The minimum atomic E-state index is -0.348. The summed E-state index contributed by atoms with van der Waals surface area (Å²) >= 11 is 0. The lowest BCUT2D eigenvalue weighted by atomic mass is 9.33. The number of nitrogens with zero attached hydrogens (tertiary/aromatic N) is 3. The molecule has 2 aliphatic rings. The Hall–Kier alpha value is -14.1. The van der Waals surface area contributed by atoms with Gasteiger partial charge in [-0.15, -0.1) is 0 Å². The normalized spacial score (nSPS) is 12.5. The van der Waals surface area contributed by atoms with Gasteiger partial charge in [-0.3, -0.25) is 0 Å². The number of anilines is 9. The average molecular weight is 1480 g/mol. The van der Waals surface area contributed by atoms with Gasteiger partial charge in [0, 0.05) is 56.4 Å². The minimum absolute atomic E-state index is 0.231. The third-order valence-electron chi connectivity index (χ3n) is 24.4. The monoisotopic (exact) mass is 1480 g/mol. The van der Waals surface area contributed by atoms with Crippen molar-refractivity contribution in [3.8, 4) is 89.0 Å². The van der Waals surface area contributed by atoms with Crippen molar-refractivity contribution in [3.05, 3.63) is 412 Å². The largest absolute Gasteiger partial charge is 0.310 e. The van der Waals surface area contributed by atoms with E-state index in [1.165, 1.54) is 87.3 Å². The van der Waals surface area contributed by atoms with E-state index in [0.29, 0.717) is 0 Å². The van der Waals surface area contributed by atoms with E-state index in [-0.39, 0.29) is 17.5 Å². The van der Waals surface area contributed by atoms with Crippen LogP contribution in [0.5, 0.6) is 0 Å². The van der Waals surface area contributed by atoms with Crippen LogP contribution in [0.3, 0.4) is 0 Å². The molecule has 0 aromatic heterocycles. The van der Waals surface area contributed by atoms with Crippen LogP contribution < -0.4 is 31.1 Å². The van der Waals surface area contributed by atoms with Gasteiger partial charge in [-0.2, -0.15) is 0 Å². The molecule has 0 bridgehead atoms. The van der Waals surface area contributed by atoms with Crippen LogP contribution in [-0.2, 0) is 10.8 Å². The molecule has 0 radical (unpaired) electrons. The summed E-state index contributed by atoms with van der Waals surface area (Å²) in [7, 11) is 0. The van der Waals surface area contributed by atoms with Crippen molar-refractivity contribution in [2.45, 2.75) is 52.4 Å². The molecule has 0 atom stereocenters. The zero-order valence-electron chi connectivity index (χ0n) is 66.0. The van der Waals surface area contributed by atoms with Crippen molar-refractivity contribution in [2.24, 2.45) is 0 Å². The zero-order valence-corrected chi connectivity index (χ0v) is 66.0. The van der Waals surface area contributed by atoms with E-state index in [1.54, 1.807) is 0 Å². The minimum Gasteiger partial charge on any atom is -0.310 e. The summed E-state index contributed by atoms with van der Waals surface area (Å²) in [4.78, 5) is 7.97. The fourth-order valence-electron chi connectivity index (χ4n) is 18.8. The quantitative estimate of drug-likeness (QED) is 0.0647. The van der Waals surface area contributed by atoms with Crippen LogP contribution >= 0.6 is 0 Å². The Bertz CT molecular complexity index is 6750. The van der Waals surface area contributed by atoms with E-state index in [2.05, 4.69) is 457 Å². The van der Waals surface area contributed by atoms with Crippen LogP contribution in [0.15, 0.2) is 400 Å². The summed E-state index contributed by atoms with van der Waals surface area (Å²) in [6, 6.07) is 152. The van der Waals surface area contributed by atoms with Gasteiger partial charge in [-0.25, -0.2) is 0 Å². The molecule has 21 rings (SSSR count). The number of benzene rings is 19. The first-order valence-corrected chi connectivity index (χ1v) is 40.7. The van der Waals surface area contributed by atoms with Gasteiger partial charge in [0.25, 0.3) is 6.71 Å². The molecule has 0 fully saturated rings. The van der Waals surface area contributed by atoms with Gasteiger partial charge < -0.3 is 14.7 Å². The molecule has 0 N–H and O–H groups in total. The van der Waals surface area contributed by atoms with E-state index < -0.39 is 0 Å². The molecule has 3 nitrogen and oxygen atoms in total. The van der Waals surface area contributed by atoms with Crippen molar-refractivity contribution >= 4 is 117 Å². The topological polar surface area (TPSA) is 9.72 Å². The number of rotatable bonds is 13. The summed E-state index contributed by atoms with van der Waals surface area (Å²) in [5.41, 5.74) is 33.7. The van der Waals surface area contributed by atoms with Crippen LogP contribution in [0.1, 0.15) is 52.7 Å². The predicted molar refractivity (Wildman–Crippen MR) is 497 cm³/mol. The lowest BCUT2D eigenvalue weighted by molar-refractivity contribution is 0.590. The summed E-state index contributed by atoms with van der Waals surface area (Å²) < 4.78 is 0. The molecule has 0 spiro atoms. The Morgan fingerprint density at radius 2 is 0.552 bits per heavy atom. The Kier molecular flexibility index (Phi) is 16.8. The molecule has 0 amide bonds. The van der Waals surface area contributed by atoms with Crippen LogP contribution in [0.2, 0.25) is 0 Å². The average Bonchev–Trinajstić information content (AvgIpc) is 0.681. The maximum atomic E-state index is 2.73. The zero-order chi connectivity index (χ0) is 77.9. The van der Waals surface area contributed by atoms with Crippen molar-refractivity contribution in [1.29, 1.82) is 0 Å². The molecule has 19 aromatic carbocycles. The van der Waals surface area contributed by atoms with Gasteiger partial charge >= 0.3 is 0 Å². The predicted octanol–water partition coefficient (Wildman–Crippen LogP) is 29.2. The molecule has 116 heavy (non-hydrogen) atoms. The fraction of sp³-hybridized carbons (Fsp3) is 0.0714. The van der Waals surface area contributed by atoms with Crippen molar-refractivity contribution in [1.82, 2.24) is 0 Å². The Morgan fingerprint density at radius 3 is 0.948 bits per heavy atom. The highest BCUT2D eigenvalue weighted by Gasteiger charge is 2.47. The molecule has 550 valence electrons. The first-order chi connectivity index (χ1) is 56.8. The van der Waals surface area contributed by atoms with Crippen LogP contribution in [0.25, 0.3) is 132 Å². The summed E-state index contributed by atoms with van der Waals surface area (Å²) in [6.07, 6.45) is 0. The molecule has 2 heterocycles. The van der Waals surface area contributed by atoms with E-state index in [0.717, 1.165) is 124 Å². The third kappa shape index (κ3) is 11.9. The van der Waals surface area contributed by atoms with E-state index >= 15 is 0 Å². The second kappa shape index (κ2) is 27.9. The van der Waals surface area contributed by atoms with E-state index in [4.69, 9.17) is 0 Å². The lowest BCUT2D eigenvalue weighted by Crippen LogP contribution is -2.61.